The summed E-state index contributed by atoms with van der Waals surface area (Å²) in [5.74, 6) is 0.501. The summed E-state index contributed by atoms with van der Waals surface area (Å²) in [7, 11) is 0. The molecule has 0 bridgehead atoms. The minimum absolute atomic E-state index is 0.184. The van der Waals surface area contributed by atoms with Gasteiger partial charge in [-0.15, -0.1) is 0 Å². The molecule has 2 rings (SSSR count). The van der Waals surface area contributed by atoms with Crippen molar-refractivity contribution in [1.29, 1.82) is 0 Å². The van der Waals surface area contributed by atoms with Crippen LogP contribution in [0.4, 0.5) is 0 Å². The van der Waals surface area contributed by atoms with Gasteiger partial charge < -0.3 is 19.7 Å². The lowest BCUT2D eigenvalue weighted by Gasteiger charge is -2.13. The van der Waals surface area contributed by atoms with Crippen molar-refractivity contribution in [2.45, 2.75) is 156 Å². The fourth-order valence-corrected chi connectivity index (χ4v) is 5.75. The van der Waals surface area contributed by atoms with Gasteiger partial charge in [-0.05, 0) is 123 Å². The molecule has 6 heteroatoms. The van der Waals surface area contributed by atoms with E-state index >= 15 is 0 Å². The molecule has 0 amide bonds. The summed E-state index contributed by atoms with van der Waals surface area (Å²) in [6.45, 7) is 9.42. The molecule has 0 fully saturated rings. The van der Waals surface area contributed by atoms with Crippen LogP contribution >= 0.6 is 0 Å². The first-order chi connectivity index (χ1) is 22.3. The number of carbonyl (C=O) groups excluding carboxylic acids is 2. The minimum Gasteiger partial charge on any atom is -0.507 e. The van der Waals surface area contributed by atoms with Crippen molar-refractivity contribution in [3.8, 4) is 11.5 Å². The smallest absolute Gasteiger partial charge is 0.306 e. The van der Waals surface area contributed by atoms with E-state index in [2.05, 4.69) is 52.0 Å². The van der Waals surface area contributed by atoms with Crippen molar-refractivity contribution in [3.63, 3.8) is 0 Å². The molecular formula is C40H62O6. The molecule has 0 saturated heterocycles. The Balaban J connectivity index is 1.64. The van der Waals surface area contributed by atoms with Gasteiger partial charge in [0.1, 0.15) is 11.5 Å². The lowest BCUT2D eigenvalue weighted by Crippen LogP contribution is -2.08. The zero-order valence-corrected chi connectivity index (χ0v) is 29.4. The molecule has 6 nitrogen and oxygen atoms in total. The van der Waals surface area contributed by atoms with Crippen molar-refractivity contribution in [1.82, 2.24) is 0 Å². The Morgan fingerprint density at radius 1 is 0.478 bits per heavy atom. The predicted octanol–water partition coefficient (Wildman–Crippen LogP) is 9.68. The Hall–Kier alpha value is -3.02. The molecule has 0 aromatic heterocycles. The van der Waals surface area contributed by atoms with Crippen LogP contribution in [0, 0.1) is 0 Å². The largest absolute Gasteiger partial charge is 0.507 e. The molecule has 2 aromatic rings. The lowest BCUT2D eigenvalue weighted by molar-refractivity contribution is -0.145. The summed E-state index contributed by atoms with van der Waals surface area (Å²) in [5, 5.41) is 21.4. The van der Waals surface area contributed by atoms with Gasteiger partial charge >= 0.3 is 11.9 Å². The highest BCUT2D eigenvalue weighted by Crippen LogP contribution is 2.30. The zero-order valence-electron chi connectivity index (χ0n) is 29.4. The normalized spacial score (nSPS) is 11.1. The average molecular weight is 639 g/mol. The molecule has 0 radical (unpaired) electrons. The Labute approximate surface area is 279 Å². The number of unbranched alkanes of at least 4 members (excludes halogenated alkanes) is 7. The zero-order chi connectivity index (χ0) is 33.6. The number of aryl methyl sites for hydroxylation is 6. The van der Waals surface area contributed by atoms with Gasteiger partial charge in [0.05, 0.1) is 13.2 Å². The Morgan fingerprint density at radius 3 is 1.07 bits per heavy atom. The van der Waals surface area contributed by atoms with Crippen molar-refractivity contribution >= 4 is 11.9 Å². The fraction of sp³-hybridized carbons (Fsp3) is 0.650. The van der Waals surface area contributed by atoms with Crippen LogP contribution in [0.5, 0.6) is 11.5 Å². The molecule has 46 heavy (non-hydrogen) atoms. The second kappa shape index (κ2) is 23.3. The van der Waals surface area contributed by atoms with E-state index in [0.717, 1.165) is 136 Å². The number of hydrogen-bond donors (Lipinski definition) is 2. The minimum atomic E-state index is -0.184. The van der Waals surface area contributed by atoms with E-state index in [1.165, 1.54) is 0 Å². The van der Waals surface area contributed by atoms with Gasteiger partial charge in [-0.2, -0.15) is 0 Å². The highest BCUT2D eigenvalue weighted by molar-refractivity contribution is 5.70. The topological polar surface area (TPSA) is 93.1 Å². The van der Waals surface area contributed by atoms with E-state index in [-0.39, 0.29) is 11.9 Å². The molecule has 258 valence electrons. The van der Waals surface area contributed by atoms with E-state index in [9.17, 15) is 19.8 Å². The van der Waals surface area contributed by atoms with Crippen LogP contribution in [0.15, 0.2) is 24.3 Å². The third-order valence-electron chi connectivity index (χ3n) is 8.65. The SMILES string of the molecule is CCCCc1cc(CCC(=O)OCCCCCCOC(=O)CCc2cc(CCCC)c(O)c(CCCC)c2)cc(CCCC)c1O. The molecule has 0 unspecified atom stereocenters. The van der Waals surface area contributed by atoms with E-state index in [1.807, 2.05) is 0 Å². The molecular weight excluding hydrogens is 576 g/mol. The maximum Gasteiger partial charge on any atom is 0.306 e. The molecule has 0 aliphatic carbocycles. The van der Waals surface area contributed by atoms with Crippen LogP contribution in [0.1, 0.15) is 151 Å². The number of phenols is 2. The van der Waals surface area contributed by atoms with Gasteiger partial charge in [0, 0.05) is 12.8 Å². The Bertz CT molecular complexity index is 1020. The first-order valence-electron chi connectivity index (χ1n) is 18.3. The second-order valence-corrected chi connectivity index (χ2v) is 12.8. The standard InChI is InChI=1S/C40H62O6/c1-5-9-17-33-27-31(28-34(39(33)43)18-10-6-2)21-23-37(41)45-25-15-13-14-16-26-46-38(42)24-22-32-29-35(19-11-7-3)40(44)36(30-32)20-12-8-4/h27-30,43-44H,5-26H2,1-4H3. The number of rotatable bonds is 25. The number of hydrogen-bond acceptors (Lipinski definition) is 6. The summed E-state index contributed by atoms with van der Waals surface area (Å²) in [6, 6.07) is 8.23. The maximum atomic E-state index is 12.4. The van der Waals surface area contributed by atoms with Crippen LogP contribution in [-0.2, 0) is 57.6 Å². The summed E-state index contributed by atoms with van der Waals surface area (Å²) in [6.07, 6.45) is 17.2. The van der Waals surface area contributed by atoms with Gasteiger partial charge in [-0.25, -0.2) is 0 Å². The van der Waals surface area contributed by atoms with Gasteiger partial charge in [0.2, 0.25) is 0 Å². The van der Waals surface area contributed by atoms with E-state index in [4.69, 9.17) is 9.47 Å². The number of esters is 2. The highest BCUT2D eigenvalue weighted by atomic mass is 16.5. The highest BCUT2D eigenvalue weighted by Gasteiger charge is 2.13. The van der Waals surface area contributed by atoms with E-state index in [1.54, 1.807) is 0 Å². The van der Waals surface area contributed by atoms with Crippen molar-refractivity contribution < 1.29 is 29.3 Å². The number of phenolic OH excluding ortho intramolecular Hbond substituents is 2. The second-order valence-electron chi connectivity index (χ2n) is 12.8. The van der Waals surface area contributed by atoms with Crippen molar-refractivity contribution in [3.05, 3.63) is 57.6 Å². The first-order valence-corrected chi connectivity index (χ1v) is 18.3. The number of ether oxygens (including phenoxy) is 2. The van der Waals surface area contributed by atoms with Gasteiger partial charge in [0.25, 0.3) is 0 Å². The third-order valence-corrected chi connectivity index (χ3v) is 8.65. The summed E-state index contributed by atoms with van der Waals surface area (Å²) in [5.41, 5.74) is 6.17. The molecule has 0 heterocycles. The number of carbonyl (C=O) groups is 2. The van der Waals surface area contributed by atoms with Crippen molar-refractivity contribution in [2.75, 3.05) is 13.2 Å². The Morgan fingerprint density at radius 2 is 0.783 bits per heavy atom. The molecule has 2 aromatic carbocycles. The van der Waals surface area contributed by atoms with Crippen LogP contribution in [0.2, 0.25) is 0 Å². The average Bonchev–Trinajstić information content (AvgIpc) is 3.05. The number of benzene rings is 2. The molecule has 0 spiro atoms. The molecule has 0 saturated carbocycles. The molecule has 0 aliphatic heterocycles. The van der Waals surface area contributed by atoms with E-state index < -0.39 is 0 Å². The van der Waals surface area contributed by atoms with Crippen LogP contribution in [0.3, 0.4) is 0 Å². The van der Waals surface area contributed by atoms with Crippen molar-refractivity contribution in [2.24, 2.45) is 0 Å². The molecule has 0 aliphatic rings. The third kappa shape index (κ3) is 15.0. The monoisotopic (exact) mass is 638 g/mol. The van der Waals surface area contributed by atoms with Gasteiger partial charge in [-0.1, -0.05) is 77.6 Å². The molecule has 0 atom stereocenters. The van der Waals surface area contributed by atoms with Crippen LogP contribution in [0.25, 0.3) is 0 Å². The van der Waals surface area contributed by atoms with Crippen LogP contribution in [-0.4, -0.2) is 35.4 Å². The molecule has 2 N–H and O–H groups in total. The number of aromatic hydroxyl groups is 2. The predicted molar refractivity (Wildman–Crippen MR) is 188 cm³/mol. The van der Waals surface area contributed by atoms with Gasteiger partial charge in [-0.3, -0.25) is 9.59 Å². The summed E-state index contributed by atoms with van der Waals surface area (Å²) in [4.78, 5) is 24.8. The lowest BCUT2D eigenvalue weighted by atomic mass is 9.95. The first kappa shape index (κ1) is 39.2. The summed E-state index contributed by atoms with van der Waals surface area (Å²) >= 11 is 0. The quantitative estimate of drug-likeness (QED) is 0.0831. The fourth-order valence-electron chi connectivity index (χ4n) is 5.75. The maximum absolute atomic E-state index is 12.4. The summed E-state index contributed by atoms with van der Waals surface area (Å²) < 4.78 is 10.9. The van der Waals surface area contributed by atoms with Gasteiger partial charge in [0.15, 0.2) is 0 Å². The van der Waals surface area contributed by atoms with Crippen LogP contribution < -0.4 is 0 Å². The van der Waals surface area contributed by atoms with E-state index in [0.29, 0.717) is 50.4 Å². The Kier molecular flexibility index (Phi) is 19.9.